The summed E-state index contributed by atoms with van der Waals surface area (Å²) in [5, 5.41) is 2.59. The van der Waals surface area contributed by atoms with Crippen LogP contribution in [-0.2, 0) is 17.5 Å². The summed E-state index contributed by atoms with van der Waals surface area (Å²) in [6.07, 6.45) is -4.84. The van der Waals surface area contributed by atoms with Crippen molar-refractivity contribution in [2.24, 2.45) is 0 Å². The van der Waals surface area contributed by atoms with Gasteiger partial charge in [-0.15, -0.1) is 0 Å². The Labute approximate surface area is 222 Å². The van der Waals surface area contributed by atoms with Crippen molar-refractivity contribution in [2.75, 3.05) is 10.2 Å². The van der Waals surface area contributed by atoms with E-state index in [1.807, 2.05) is 6.07 Å². The highest BCUT2D eigenvalue weighted by Gasteiger charge is 2.36. The van der Waals surface area contributed by atoms with Gasteiger partial charge in [-0.05, 0) is 42.5 Å². The van der Waals surface area contributed by atoms with Crippen LogP contribution in [0.5, 0.6) is 0 Å². The number of hydrogen-bond donors (Lipinski definition) is 1. The number of aromatic nitrogens is 2. The lowest BCUT2D eigenvalue weighted by Crippen LogP contribution is -2.29. The lowest BCUT2D eigenvalue weighted by Gasteiger charge is -2.23. The molecule has 6 nitrogen and oxygen atoms in total. The van der Waals surface area contributed by atoms with Crippen molar-refractivity contribution in [3.05, 3.63) is 125 Å². The van der Waals surface area contributed by atoms with Crippen LogP contribution in [0.1, 0.15) is 18.2 Å². The van der Waals surface area contributed by atoms with Crippen molar-refractivity contribution in [3.63, 3.8) is 0 Å². The van der Waals surface area contributed by atoms with Crippen molar-refractivity contribution in [1.82, 2.24) is 9.55 Å². The first kappa shape index (κ1) is 25.7. The Morgan fingerprint density at radius 2 is 1.49 bits per heavy atom. The standard InChI is InChI=1S/C30H23F3N4O2/c1-20(38)36(23-13-7-3-8-14-23)19-22-17-25(30(31,32)33)28-26(39)18-27(34-21-11-5-2-6-12-21)37(29(28)35-22)24-15-9-4-10-16-24/h2-18,34H,19H2,1H3. The summed E-state index contributed by atoms with van der Waals surface area (Å²) in [5.74, 6) is -0.120. The molecule has 0 aliphatic heterocycles. The van der Waals surface area contributed by atoms with E-state index in [9.17, 15) is 22.8 Å². The van der Waals surface area contributed by atoms with E-state index < -0.39 is 22.6 Å². The molecule has 0 saturated carbocycles. The van der Waals surface area contributed by atoms with Crippen molar-refractivity contribution in [3.8, 4) is 5.69 Å². The Morgan fingerprint density at radius 3 is 2.08 bits per heavy atom. The van der Waals surface area contributed by atoms with Gasteiger partial charge in [0.15, 0.2) is 11.1 Å². The summed E-state index contributed by atoms with van der Waals surface area (Å²) >= 11 is 0. The maximum atomic E-state index is 14.4. The van der Waals surface area contributed by atoms with Gasteiger partial charge in [0.1, 0.15) is 5.82 Å². The van der Waals surface area contributed by atoms with Gasteiger partial charge in [0.25, 0.3) is 0 Å². The van der Waals surface area contributed by atoms with E-state index in [1.54, 1.807) is 84.9 Å². The Morgan fingerprint density at radius 1 is 0.897 bits per heavy atom. The average Bonchev–Trinajstić information content (AvgIpc) is 2.92. The first-order valence-electron chi connectivity index (χ1n) is 12.1. The van der Waals surface area contributed by atoms with Gasteiger partial charge < -0.3 is 10.2 Å². The summed E-state index contributed by atoms with van der Waals surface area (Å²) in [6.45, 7) is 1.11. The van der Waals surface area contributed by atoms with Crippen molar-refractivity contribution in [1.29, 1.82) is 0 Å². The van der Waals surface area contributed by atoms with Crippen LogP contribution >= 0.6 is 0 Å². The van der Waals surface area contributed by atoms with E-state index in [1.165, 1.54) is 16.4 Å². The van der Waals surface area contributed by atoms with Crippen LogP contribution in [0.25, 0.3) is 16.7 Å². The van der Waals surface area contributed by atoms with Gasteiger partial charge in [-0.2, -0.15) is 13.2 Å². The predicted molar refractivity (Wildman–Crippen MR) is 145 cm³/mol. The summed E-state index contributed by atoms with van der Waals surface area (Å²) < 4.78 is 44.7. The number of anilines is 3. The number of alkyl halides is 3. The molecule has 0 atom stereocenters. The van der Waals surface area contributed by atoms with Gasteiger partial charge in [-0.1, -0.05) is 54.6 Å². The minimum Gasteiger partial charge on any atom is -0.341 e. The molecule has 0 bridgehead atoms. The number of pyridine rings is 2. The number of fused-ring (bicyclic) bond motifs is 1. The van der Waals surface area contributed by atoms with Crippen LogP contribution in [0, 0.1) is 0 Å². The zero-order valence-electron chi connectivity index (χ0n) is 20.8. The maximum absolute atomic E-state index is 14.4. The smallest absolute Gasteiger partial charge is 0.341 e. The minimum atomic E-state index is -4.84. The molecule has 5 aromatic rings. The number of carbonyl (C=O) groups is 1. The second-order valence-corrected chi connectivity index (χ2v) is 8.85. The number of rotatable bonds is 6. The SMILES string of the molecule is CC(=O)N(Cc1cc(C(F)(F)F)c2c(=O)cc(Nc3ccccc3)n(-c3ccccc3)c2n1)c1ccccc1. The number of nitrogens with zero attached hydrogens (tertiary/aromatic N) is 3. The molecule has 0 aliphatic carbocycles. The second kappa shape index (κ2) is 10.4. The summed E-state index contributed by atoms with van der Waals surface area (Å²) in [5.41, 5.74) is -0.470. The van der Waals surface area contributed by atoms with Gasteiger partial charge in [0, 0.05) is 30.1 Å². The van der Waals surface area contributed by atoms with E-state index in [0.29, 0.717) is 17.1 Å². The van der Waals surface area contributed by atoms with Gasteiger partial charge >= 0.3 is 6.18 Å². The minimum absolute atomic E-state index is 0.0187. The van der Waals surface area contributed by atoms with Crippen LogP contribution < -0.4 is 15.6 Å². The third kappa shape index (κ3) is 5.38. The number of halogens is 3. The number of para-hydroxylation sites is 3. The molecule has 0 unspecified atom stereocenters. The number of carbonyl (C=O) groups excluding carboxylic acids is 1. The molecule has 3 aromatic carbocycles. The molecule has 39 heavy (non-hydrogen) atoms. The monoisotopic (exact) mass is 528 g/mol. The number of nitrogens with one attached hydrogen (secondary N) is 1. The highest BCUT2D eigenvalue weighted by molar-refractivity contribution is 5.91. The topological polar surface area (TPSA) is 67.2 Å². The van der Waals surface area contributed by atoms with Crippen molar-refractivity contribution < 1.29 is 18.0 Å². The first-order valence-corrected chi connectivity index (χ1v) is 12.1. The predicted octanol–water partition coefficient (Wildman–Crippen LogP) is 6.70. The van der Waals surface area contributed by atoms with Gasteiger partial charge in [0.2, 0.25) is 5.91 Å². The molecule has 9 heteroatoms. The molecule has 1 N–H and O–H groups in total. The molecule has 196 valence electrons. The molecule has 2 aromatic heterocycles. The van der Waals surface area contributed by atoms with Crippen LogP contribution in [0.3, 0.4) is 0 Å². The van der Waals surface area contributed by atoms with Gasteiger partial charge in [0.05, 0.1) is 23.2 Å². The number of hydrogen-bond acceptors (Lipinski definition) is 4. The molecule has 1 amide bonds. The van der Waals surface area contributed by atoms with Gasteiger partial charge in [-0.3, -0.25) is 14.2 Å². The van der Waals surface area contributed by atoms with E-state index >= 15 is 0 Å². The van der Waals surface area contributed by atoms with E-state index in [0.717, 1.165) is 12.1 Å². The zero-order chi connectivity index (χ0) is 27.6. The molecule has 5 rings (SSSR count). The lowest BCUT2D eigenvalue weighted by atomic mass is 10.1. The zero-order valence-corrected chi connectivity index (χ0v) is 20.8. The molecular weight excluding hydrogens is 505 g/mol. The Bertz CT molecular complexity index is 1690. The Hall–Kier alpha value is -4.92. The fourth-order valence-electron chi connectivity index (χ4n) is 4.42. The maximum Gasteiger partial charge on any atom is 0.417 e. The van der Waals surface area contributed by atoms with E-state index in [2.05, 4.69) is 10.3 Å². The molecular formula is C30H23F3N4O2. The summed E-state index contributed by atoms with van der Waals surface area (Å²) in [7, 11) is 0. The molecule has 0 fully saturated rings. The van der Waals surface area contributed by atoms with Crippen LogP contribution in [0.2, 0.25) is 0 Å². The largest absolute Gasteiger partial charge is 0.417 e. The average molecular weight is 529 g/mol. The quantitative estimate of drug-likeness (QED) is 0.266. The second-order valence-electron chi connectivity index (χ2n) is 8.85. The van der Waals surface area contributed by atoms with Gasteiger partial charge in [-0.25, -0.2) is 4.98 Å². The van der Waals surface area contributed by atoms with Crippen LogP contribution in [0.15, 0.2) is 108 Å². The van der Waals surface area contributed by atoms with Crippen LogP contribution in [0.4, 0.5) is 30.4 Å². The Kier molecular flexibility index (Phi) is 6.89. The normalized spacial score (nSPS) is 11.4. The van der Waals surface area contributed by atoms with Crippen molar-refractivity contribution in [2.45, 2.75) is 19.6 Å². The van der Waals surface area contributed by atoms with E-state index in [-0.39, 0.29) is 29.6 Å². The highest BCUT2D eigenvalue weighted by atomic mass is 19.4. The van der Waals surface area contributed by atoms with E-state index in [4.69, 9.17) is 0 Å². The fourth-order valence-corrected chi connectivity index (χ4v) is 4.42. The third-order valence-electron chi connectivity index (χ3n) is 6.15. The Balaban J connectivity index is 1.80. The first-order chi connectivity index (χ1) is 18.7. The number of benzene rings is 3. The highest BCUT2D eigenvalue weighted by Crippen LogP contribution is 2.36. The molecule has 0 radical (unpaired) electrons. The fraction of sp³-hybridized carbons (Fsp3) is 0.100. The third-order valence-corrected chi connectivity index (χ3v) is 6.15. The van der Waals surface area contributed by atoms with Crippen LogP contribution in [-0.4, -0.2) is 15.5 Å². The van der Waals surface area contributed by atoms with Crippen molar-refractivity contribution >= 4 is 34.1 Å². The summed E-state index contributed by atoms with van der Waals surface area (Å²) in [4.78, 5) is 31.7. The molecule has 0 aliphatic rings. The molecule has 2 heterocycles. The summed E-state index contributed by atoms with van der Waals surface area (Å²) in [6, 6.07) is 28.3. The lowest BCUT2D eigenvalue weighted by molar-refractivity contribution is -0.136. The molecule has 0 spiro atoms. The number of amides is 1. The molecule has 0 saturated heterocycles.